The zero-order valence-electron chi connectivity index (χ0n) is 9.85. The van der Waals surface area contributed by atoms with Gasteiger partial charge in [0.2, 0.25) is 0 Å². The lowest BCUT2D eigenvalue weighted by atomic mass is 9.95. The Morgan fingerprint density at radius 1 is 1.38 bits per heavy atom. The highest BCUT2D eigenvalue weighted by molar-refractivity contribution is 5.40. The lowest BCUT2D eigenvalue weighted by molar-refractivity contribution is 0.371. The topological polar surface area (TPSA) is 21.3 Å². The van der Waals surface area contributed by atoms with Crippen LogP contribution < -0.4 is 10.1 Å². The highest BCUT2D eigenvalue weighted by Crippen LogP contribution is 2.32. The van der Waals surface area contributed by atoms with E-state index in [2.05, 4.69) is 5.32 Å². The van der Waals surface area contributed by atoms with E-state index in [9.17, 15) is 4.39 Å². The van der Waals surface area contributed by atoms with E-state index in [-0.39, 0.29) is 11.9 Å². The molecule has 1 atom stereocenters. The average Bonchev–Trinajstić information content (AvgIpc) is 2.33. The zero-order chi connectivity index (χ0) is 11.5. The van der Waals surface area contributed by atoms with Gasteiger partial charge in [-0.25, -0.2) is 4.39 Å². The van der Waals surface area contributed by atoms with E-state index < -0.39 is 0 Å². The standard InChI is InChI=1S/C13H18FNO/c1-9-7-13(16-2)10(8-11(9)14)12-5-3-4-6-15-12/h7-8,12,15H,3-6H2,1-2H3. The van der Waals surface area contributed by atoms with E-state index in [1.807, 2.05) is 0 Å². The summed E-state index contributed by atoms with van der Waals surface area (Å²) >= 11 is 0. The van der Waals surface area contributed by atoms with Gasteiger partial charge in [0.05, 0.1) is 7.11 Å². The lowest BCUT2D eigenvalue weighted by Crippen LogP contribution is -2.27. The molecule has 1 fully saturated rings. The van der Waals surface area contributed by atoms with Crippen LogP contribution in [0, 0.1) is 12.7 Å². The van der Waals surface area contributed by atoms with Gasteiger partial charge in [-0.1, -0.05) is 6.42 Å². The Bertz CT molecular complexity index is 372. The van der Waals surface area contributed by atoms with E-state index in [1.165, 1.54) is 12.8 Å². The molecule has 0 saturated carbocycles. The molecule has 1 unspecified atom stereocenters. The van der Waals surface area contributed by atoms with Gasteiger partial charge in [-0.2, -0.15) is 0 Å². The summed E-state index contributed by atoms with van der Waals surface area (Å²) in [4.78, 5) is 0. The Morgan fingerprint density at radius 2 is 2.19 bits per heavy atom. The molecule has 2 rings (SSSR count). The summed E-state index contributed by atoms with van der Waals surface area (Å²) in [5.74, 6) is 0.640. The lowest BCUT2D eigenvalue weighted by Gasteiger charge is -2.25. The number of ether oxygens (including phenoxy) is 1. The molecule has 1 aromatic rings. The van der Waals surface area contributed by atoms with Gasteiger partial charge in [0.1, 0.15) is 11.6 Å². The molecule has 88 valence electrons. The number of methoxy groups -OCH3 is 1. The van der Waals surface area contributed by atoms with Crippen LogP contribution in [-0.2, 0) is 0 Å². The molecule has 0 bridgehead atoms. The number of piperidine rings is 1. The monoisotopic (exact) mass is 223 g/mol. The number of hydrogen-bond donors (Lipinski definition) is 1. The molecule has 0 spiro atoms. The first-order valence-electron chi connectivity index (χ1n) is 5.80. The van der Waals surface area contributed by atoms with Crippen molar-refractivity contribution in [2.75, 3.05) is 13.7 Å². The summed E-state index contributed by atoms with van der Waals surface area (Å²) in [7, 11) is 1.64. The number of halogens is 1. The normalized spacial score (nSPS) is 20.8. The fourth-order valence-electron chi connectivity index (χ4n) is 2.24. The largest absolute Gasteiger partial charge is 0.496 e. The minimum Gasteiger partial charge on any atom is -0.496 e. The molecule has 1 aliphatic heterocycles. The molecule has 2 nitrogen and oxygen atoms in total. The van der Waals surface area contributed by atoms with E-state index >= 15 is 0 Å². The molecular formula is C13H18FNO. The minimum atomic E-state index is -0.150. The third kappa shape index (κ3) is 2.19. The van der Waals surface area contributed by atoms with E-state index in [0.29, 0.717) is 5.56 Å². The molecule has 0 aromatic heterocycles. The molecule has 0 aliphatic carbocycles. The maximum absolute atomic E-state index is 13.6. The van der Waals surface area contributed by atoms with Crippen molar-refractivity contribution in [2.24, 2.45) is 0 Å². The quantitative estimate of drug-likeness (QED) is 0.832. The van der Waals surface area contributed by atoms with E-state index in [1.54, 1.807) is 26.2 Å². The Kier molecular flexibility index (Phi) is 3.44. The second-order valence-electron chi connectivity index (χ2n) is 4.35. The Morgan fingerprint density at radius 3 is 2.81 bits per heavy atom. The molecular weight excluding hydrogens is 205 g/mol. The van der Waals surface area contributed by atoms with Crippen LogP contribution in [0.1, 0.15) is 36.4 Å². The second-order valence-corrected chi connectivity index (χ2v) is 4.35. The van der Waals surface area contributed by atoms with Gasteiger partial charge in [0.15, 0.2) is 0 Å². The number of rotatable bonds is 2. The first kappa shape index (κ1) is 11.4. The van der Waals surface area contributed by atoms with Gasteiger partial charge >= 0.3 is 0 Å². The summed E-state index contributed by atoms with van der Waals surface area (Å²) in [6.45, 7) is 2.76. The number of benzene rings is 1. The van der Waals surface area contributed by atoms with Crippen molar-refractivity contribution in [3.8, 4) is 5.75 Å². The van der Waals surface area contributed by atoms with Gasteiger partial charge in [-0.05, 0) is 44.0 Å². The van der Waals surface area contributed by atoms with Crippen molar-refractivity contribution in [3.05, 3.63) is 29.1 Å². The van der Waals surface area contributed by atoms with Crippen LogP contribution in [0.2, 0.25) is 0 Å². The maximum atomic E-state index is 13.6. The van der Waals surface area contributed by atoms with Gasteiger partial charge in [0.25, 0.3) is 0 Å². The Balaban J connectivity index is 2.33. The van der Waals surface area contributed by atoms with Crippen molar-refractivity contribution in [3.63, 3.8) is 0 Å². The fraction of sp³-hybridized carbons (Fsp3) is 0.538. The van der Waals surface area contributed by atoms with Gasteiger partial charge in [-0.15, -0.1) is 0 Å². The first-order chi connectivity index (χ1) is 7.72. The van der Waals surface area contributed by atoms with Gasteiger partial charge in [0, 0.05) is 11.6 Å². The van der Waals surface area contributed by atoms with Crippen LogP contribution in [-0.4, -0.2) is 13.7 Å². The van der Waals surface area contributed by atoms with E-state index in [4.69, 9.17) is 4.74 Å². The predicted molar refractivity (Wildman–Crippen MR) is 62.3 cm³/mol. The zero-order valence-corrected chi connectivity index (χ0v) is 9.85. The summed E-state index contributed by atoms with van der Waals surface area (Å²) in [5.41, 5.74) is 1.58. The molecule has 1 saturated heterocycles. The van der Waals surface area contributed by atoms with Crippen molar-refractivity contribution in [2.45, 2.75) is 32.2 Å². The van der Waals surface area contributed by atoms with Gasteiger partial charge in [-0.3, -0.25) is 0 Å². The fourth-order valence-corrected chi connectivity index (χ4v) is 2.24. The van der Waals surface area contributed by atoms with Crippen molar-refractivity contribution < 1.29 is 9.13 Å². The second kappa shape index (κ2) is 4.83. The highest BCUT2D eigenvalue weighted by Gasteiger charge is 2.19. The molecule has 3 heteroatoms. The molecule has 1 heterocycles. The highest BCUT2D eigenvalue weighted by atomic mass is 19.1. The van der Waals surface area contributed by atoms with Crippen molar-refractivity contribution in [1.82, 2.24) is 5.32 Å². The summed E-state index contributed by atoms with van der Waals surface area (Å²) < 4.78 is 18.9. The summed E-state index contributed by atoms with van der Waals surface area (Å²) in [5, 5.41) is 3.41. The number of hydrogen-bond acceptors (Lipinski definition) is 2. The molecule has 1 N–H and O–H groups in total. The van der Waals surface area contributed by atoms with Crippen LogP contribution in [0.4, 0.5) is 4.39 Å². The minimum absolute atomic E-state index is 0.150. The first-order valence-corrected chi connectivity index (χ1v) is 5.80. The summed E-state index contributed by atoms with van der Waals surface area (Å²) in [6.07, 6.45) is 3.45. The van der Waals surface area contributed by atoms with Crippen molar-refractivity contribution in [1.29, 1.82) is 0 Å². The predicted octanol–water partition coefficient (Wildman–Crippen LogP) is 2.96. The van der Waals surface area contributed by atoms with Crippen molar-refractivity contribution >= 4 is 0 Å². The van der Waals surface area contributed by atoms with Crippen LogP contribution in [0.3, 0.4) is 0 Å². The summed E-state index contributed by atoms with van der Waals surface area (Å²) in [6, 6.07) is 3.62. The van der Waals surface area contributed by atoms with Crippen LogP contribution in [0.25, 0.3) is 0 Å². The molecule has 1 aromatic carbocycles. The van der Waals surface area contributed by atoms with Crippen LogP contribution in [0.5, 0.6) is 5.75 Å². The molecule has 16 heavy (non-hydrogen) atoms. The average molecular weight is 223 g/mol. The van der Waals surface area contributed by atoms with Gasteiger partial charge < -0.3 is 10.1 Å². The SMILES string of the molecule is COc1cc(C)c(F)cc1C1CCCCN1. The molecule has 0 amide bonds. The van der Waals surface area contributed by atoms with Crippen LogP contribution >= 0.6 is 0 Å². The number of aryl methyl sites for hydroxylation is 1. The maximum Gasteiger partial charge on any atom is 0.126 e. The van der Waals surface area contributed by atoms with Crippen LogP contribution in [0.15, 0.2) is 12.1 Å². The smallest absolute Gasteiger partial charge is 0.126 e. The number of nitrogens with one attached hydrogen (secondary N) is 1. The molecule has 0 radical (unpaired) electrons. The third-order valence-electron chi connectivity index (χ3n) is 3.20. The van der Waals surface area contributed by atoms with E-state index in [0.717, 1.165) is 24.3 Å². The Labute approximate surface area is 95.8 Å². The third-order valence-corrected chi connectivity index (χ3v) is 3.20. The molecule has 1 aliphatic rings. The Hall–Kier alpha value is -1.09.